The summed E-state index contributed by atoms with van der Waals surface area (Å²) in [5, 5.41) is 14.1. The predicted molar refractivity (Wildman–Crippen MR) is 102 cm³/mol. The van der Waals surface area contributed by atoms with Gasteiger partial charge in [0, 0.05) is 18.6 Å². The van der Waals surface area contributed by atoms with Crippen molar-refractivity contribution in [3.63, 3.8) is 0 Å². The Labute approximate surface area is 164 Å². The first kappa shape index (κ1) is 20.0. The zero-order valence-corrected chi connectivity index (χ0v) is 16.0. The number of benzene rings is 1. The number of hydrogen-bond donors (Lipinski definition) is 3. The Bertz CT molecular complexity index is 711. The van der Waals surface area contributed by atoms with Gasteiger partial charge in [0.2, 0.25) is 5.91 Å². The molecular formula is C20H27N3O5. The number of hydrogen-bond acceptors (Lipinski definition) is 4. The van der Waals surface area contributed by atoms with Crippen LogP contribution < -0.4 is 10.6 Å². The minimum atomic E-state index is -1.01. The number of carbonyl (C=O) groups excluding carboxylic acids is 2. The van der Waals surface area contributed by atoms with E-state index in [0.717, 1.165) is 12.0 Å². The van der Waals surface area contributed by atoms with E-state index in [0.29, 0.717) is 25.8 Å². The molecule has 4 atom stereocenters. The van der Waals surface area contributed by atoms with E-state index in [1.54, 1.807) is 0 Å². The Morgan fingerprint density at radius 3 is 2.61 bits per heavy atom. The summed E-state index contributed by atoms with van der Waals surface area (Å²) in [5.74, 6) is 0.108. The van der Waals surface area contributed by atoms with Gasteiger partial charge >= 0.3 is 12.2 Å². The molecule has 3 amide bonds. The molecule has 3 N–H and O–H groups in total. The maximum absolute atomic E-state index is 12.8. The number of alkyl carbamates (subject to hydrolysis) is 1. The Hall–Kier alpha value is -2.77. The normalized spacial score (nSPS) is 27.3. The third-order valence-corrected chi connectivity index (χ3v) is 5.60. The molecule has 1 saturated carbocycles. The summed E-state index contributed by atoms with van der Waals surface area (Å²) in [6.45, 7) is 2.80. The molecule has 1 saturated heterocycles. The van der Waals surface area contributed by atoms with E-state index in [1.807, 2.05) is 42.2 Å². The van der Waals surface area contributed by atoms with E-state index in [2.05, 4.69) is 10.6 Å². The number of amides is 3. The highest BCUT2D eigenvalue weighted by Gasteiger charge is 2.41. The number of carboxylic acid groups (broad SMARTS) is 1. The van der Waals surface area contributed by atoms with Gasteiger partial charge in [-0.2, -0.15) is 0 Å². The van der Waals surface area contributed by atoms with Gasteiger partial charge in [-0.25, -0.2) is 9.59 Å². The van der Waals surface area contributed by atoms with Crippen LogP contribution in [0.25, 0.3) is 0 Å². The predicted octanol–water partition coefficient (Wildman–Crippen LogP) is 2.34. The lowest BCUT2D eigenvalue weighted by atomic mass is 9.82. The first-order valence-electron chi connectivity index (χ1n) is 9.71. The Balaban J connectivity index is 1.48. The maximum Gasteiger partial charge on any atom is 0.408 e. The van der Waals surface area contributed by atoms with Crippen LogP contribution >= 0.6 is 0 Å². The van der Waals surface area contributed by atoms with Crippen LogP contribution in [-0.2, 0) is 16.1 Å². The molecule has 1 heterocycles. The fourth-order valence-electron chi connectivity index (χ4n) is 4.22. The second-order valence-corrected chi connectivity index (χ2v) is 7.58. The van der Waals surface area contributed by atoms with Gasteiger partial charge in [0.25, 0.3) is 0 Å². The smallest absolute Gasteiger partial charge is 0.408 e. The van der Waals surface area contributed by atoms with Crippen molar-refractivity contribution in [2.24, 2.45) is 5.92 Å². The van der Waals surface area contributed by atoms with Crippen LogP contribution in [0.15, 0.2) is 30.3 Å². The van der Waals surface area contributed by atoms with Crippen molar-refractivity contribution in [1.82, 2.24) is 15.5 Å². The minimum Gasteiger partial charge on any atom is -0.465 e. The maximum atomic E-state index is 12.8. The van der Waals surface area contributed by atoms with Gasteiger partial charge in [0.1, 0.15) is 12.6 Å². The second kappa shape index (κ2) is 8.95. The molecule has 152 valence electrons. The average molecular weight is 389 g/mol. The van der Waals surface area contributed by atoms with Crippen LogP contribution in [0.3, 0.4) is 0 Å². The molecule has 0 bridgehead atoms. The van der Waals surface area contributed by atoms with Crippen molar-refractivity contribution in [1.29, 1.82) is 0 Å². The molecule has 8 nitrogen and oxygen atoms in total. The quantitative estimate of drug-likeness (QED) is 0.716. The Kier molecular flexibility index (Phi) is 6.38. The molecule has 0 unspecified atom stereocenters. The van der Waals surface area contributed by atoms with Crippen molar-refractivity contribution in [3.8, 4) is 0 Å². The van der Waals surface area contributed by atoms with Gasteiger partial charge in [0.05, 0.1) is 0 Å². The van der Waals surface area contributed by atoms with Gasteiger partial charge in [-0.05, 0) is 37.2 Å². The molecule has 1 aromatic carbocycles. The topological polar surface area (TPSA) is 108 Å². The molecule has 2 fully saturated rings. The van der Waals surface area contributed by atoms with Crippen molar-refractivity contribution >= 4 is 18.1 Å². The van der Waals surface area contributed by atoms with E-state index in [1.165, 1.54) is 0 Å². The van der Waals surface area contributed by atoms with E-state index in [9.17, 15) is 14.4 Å². The summed E-state index contributed by atoms with van der Waals surface area (Å²) in [6.07, 6.45) is 1.13. The number of rotatable bonds is 5. The molecule has 2 aliphatic rings. The van der Waals surface area contributed by atoms with E-state index >= 15 is 0 Å². The fourth-order valence-corrected chi connectivity index (χ4v) is 4.22. The first-order valence-corrected chi connectivity index (χ1v) is 9.71. The third-order valence-electron chi connectivity index (χ3n) is 5.60. The van der Waals surface area contributed by atoms with Gasteiger partial charge < -0.3 is 25.4 Å². The summed E-state index contributed by atoms with van der Waals surface area (Å²) in [5.41, 5.74) is 0.887. The molecule has 1 aliphatic carbocycles. The average Bonchev–Trinajstić information content (AvgIpc) is 3.01. The number of carbonyl (C=O) groups is 3. The molecule has 3 rings (SSSR count). The van der Waals surface area contributed by atoms with Crippen molar-refractivity contribution < 1.29 is 24.2 Å². The summed E-state index contributed by atoms with van der Waals surface area (Å²) < 4.78 is 5.21. The molecule has 1 aliphatic heterocycles. The highest BCUT2D eigenvalue weighted by molar-refractivity contribution is 5.87. The lowest BCUT2D eigenvalue weighted by Crippen LogP contribution is -2.50. The van der Waals surface area contributed by atoms with Gasteiger partial charge in [-0.3, -0.25) is 4.79 Å². The van der Waals surface area contributed by atoms with Crippen molar-refractivity contribution in [3.05, 3.63) is 35.9 Å². The zero-order chi connectivity index (χ0) is 20.1. The van der Waals surface area contributed by atoms with Gasteiger partial charge in [-0.1, -0.05) is 37.3 Å². The van der Waals surface area contributed by atoms with Crippen molar-refractivity contribution in [2.75, 3.05) is 6.54 Å². The lowest BCUT2D eigenvalue weighted by Gasteiger charge is -2.39. The first-order chi connectivity index (χ1) is 13.4. The standard InChI is InChI=1S/C20H27N3O5/c1-13-11-15(21-19(25)26)7-8-17(13)23-10-9-16(18(23)24)22-20(27)28-12-14-5-3-2-4-6-14/h2-6,13,15-17,21H,7-12H2,1H3,(H,22,27)(H,25,26)/t13-,15-,16+,17+/m1/s1. The SMILES string of the molecule is C[C@@H]1C[C@H](NC(=O)O)CC[C@@H]1N1CC[C@H](NC(=O)OCc2ccccc2)C1=O. The van der Waals surface area contributed by atoms with Crippen LogP contribution in [0.5, 0.6) is 0 Å². The van der Waals surface area contributed by atoms with E-state index in [4.69, 9.17) is 9.84 Å². The highest BCUT2D eigenvalue weighted by Crippen LogP contribution is 2.31. The zero-order valence-electron chi connectivity index (χ0n) is 16.0. The molecule has 0 radical (unpaired) electrons. The molecule has 0 aromatic heterocycles. The summed E-state index contributed by atoms with van der Waals surface area (Å²) >= 11 is 0. The Morgan fingerprint density at radius 2 is 1.93 bits per heavy atom. The highest BCUT2D eigenvalue weighted by atomic mass is 16.5. The fraction of sp³-hybridized carbons (Fsp3) is 0.550. The second-order valence-electron chi connectivity index (χ2n) is 7.58. The van der Waals surface area contributed by atoms with Gasteiger partial charge in [-0.15, -0.1) is 0 Å². The van der Waals surface area contributed by atoms with Gasteiger partial charge in [0.15, 0.2) is 0 Å². The minimum absolute atomic E-state index is 0.0664. The van der Waals surface area contributed by atoms with Crippen LogP contribution in [0.4, 0.5) is 9.59 Å². The molecule has 28 heavy (non-hydrogen) atoms. The van der Waals surface area contributed by atoms with E-state index in [-0.39, 0.29) is 30.5 Å². The van der Waals surface area contributed by atoms with Crippen LogP contribution in [0.2, 0.25) is 0 Å². The lowest BCUT2D eigenvalue weighted by molar-refractivity contribution is -0.133. The summed E-state index contributed by atoms with van der Waals surface area (Å²) in [6, 6.07) is 8.81. The number of nitrogens with one attached hydrogen (secondary N) is 2. The number of nitrogens with zero attached hydrogens (tertiary/aromatic N) is 1. The summed E-state index contributed by atoms with van der Waals surface area (Å²) in [4.78, 5) is 37.5. The molecule has 1 aromatic rings. The molecule has 0 spiro atoms. The number of likely N-dealkylation sites (tertiary alicyclic amines) is 1. The molecular weight excluding hydrogens is 362 g/mol. The van der Waals surface area contributed by atoms with Crippen LogP contribution in [0, 0.1) is 5.92 Å². The largest absolute Gasteiger partial charge is 0.465 e. The van der Waals surface area contributed by atoms with Crippen LogP contribution in [0.1, 0.15) is 38.2 Å². The molecule has 8 heteroatoms. The van der Waals surface area contributed by atoms with Crippen molar-refractivity contribution in [2.45, 2.75) is 57.3 Å². The number of ether oxygens (including phenoxy) is 1. The van der Waals surface area contributed by atoms with Crippen LogP contribution in [-0.4, -0.2) is 52.8 Å². The third kappa shape index (κ3) is 4.94. The monoisotopic (exact) mass is 389 g/mol. The Morgan fingerprint density at radius 1 is 1.18 bits per heavy atom. The summed E-state index contributed by atoms with van der Waals surface area (Å²) in [7, 11) is 0. The van der Waals surface area contributed by atoms with E-state index < -0.39 is 18.2 Å².